The molecular weight excluding hydrogens is 557 g/mol. The van der Waals surface area contributed by atoms with Crippen LogP contribution < -0.4 is 5.73 Å². The van der Waals surface area contributed by atoms with Gasteiger partial charge in [0.25, 0.3) is 0 Å². The van der Waals surface area contributed by atoms with E-state index in [0.717, 1.165) is 15.3 Å². The van der Waals surface area contributed by atoms with Crippen molar-refractivity contribution in [2.75, 3.05) is 12.3 Å². The molecule has 0 radical (unpaired) electrons. The van der Waals surface area contributed by atoms with Gasteiger partial charge in [-0.2, -0.15) is 0 Å². The van der Waals surface area contributed by atoms with Crippen LogP contribution in [0.2, 0.25) is 0 Å². The Kier molecular flexibility index (Phi) is 6.29. The first-order chi connectivity index (χ1) is 20.0. The van der Waals surface area contributed by atoms with Gasteiger partial charge in [0.15, 0.2) is 29.1 Å². The van der Waals surface area contributed by atoms with Crippen molar-refractivity contribution in [3.05, 3.63) is 75.5 Å². The van der Waals surface area contributed by atoms with Crippen molar-refractivity contribution in [2.45, 2.75) is 75.7 Å². The maximum absolute atomic E-state index is 17.5. The summed E-state index contributed by atoms with van der Waals surface area (Å²) in [7, 11) is 0. The van der Waals surface area contributed by atoms with Crippen molar-refractivity contribution in [3.63, 3.8) is 0 Å². The molecule has 4 fully saturated rings. The Balaban J connectivity index is 1.21. The monoisotopic (exact) mass is 593 g/mol. The summed E-state index contributed by atoms with van der Waals surface area (Å²) in [4.78, 5) is 27.7. The number of rotatable bonds is 5. The Bertz CT molecular complexity index is 1540. The molecule has 7 nitrogen and oxygen atoms in total. The third-order valence-corrected chi connectivity index (χ3v) is 12.3. The Hall–Kier alpha value is -2.69. The van der Waals surface area contributed by atoms with E-state index in [1.54, 1.807) is 13.0 Å². The van der Waals surface area contributed by atoms with Gasteiger partial charge in [0.1, 0.15) is 6.61 Å². The minimum atomic E-state index is -2.02. The summed E-state index contributed by atoms with van der Waals surface area (Å²) < 4.78 is 30.6. The number of halogens is 1. The Morgan fingerprint density at radius 1 is 1.21 bits per heavy atom. The van der Waals surface area contributed by atoms with Crippen molar-refractivity contribution in [1.82, 2.24) is 0 Å². The summed E-state index contributed by atoms with van der Waals surface area (Å²) in [6.45, 7) is 2.93. The number of alkyl halides is 1. The number of aliphatic hydroxyl groups excluding tert-OH is 2. The number of nitrogens with two attached hydrogens (primary N) is 1. The minimum Gasteiger partial charge on any atom is -0.399 e. The van der Waals surface area contributed by atoms with Gasteiger partial charge in [-0.15, -0.1) is 11.3 Å². The number of ether oxygens (including phenoxy) is 2. The minimum absolute atomic E-state index is 0.0290. The average Bonchev–Trinajstić information content (AvgIpc) is 3.63. The van der Waals surface area contributed by atoms with Crippen molar-refractivity contribution in [1.29, 1.82) is 0 Å². The van der Waals surface area contributed by atoms with E-state index in [2.05, 4.69) is 0 Å². The Morgan fingerprint density at radius 2 is 2.02 bits per heavy atom. The summed E-state index contributed by atoms with van der Waals surface area (Å²) in [5.41, 5.74) is 2.78. The molecule has 1 saturated heterocycles. The van der Waals surface area contributed by atoms with Crippen molar-refractivity contribution in [3.8, 4) is 0 Å². The second-order valence-corrected chi connectivity index (χ2v) is 14.3. The van der Waals surface area contributed by atoms with E-state index in [0.29, 0.717) is 36.9 Å². The van der Waals surface area contributed by atoms with Crippen molar-refractivity contribution in [2.24, 2.45) is 22.7 Å². The quantitative estimate of drug-likeness (QED) is 0.433. The summed E-state index contributed by atoms with van der Waals surface area (Å²) in [6.07, 6.45) is 3.61. The van der Waals surface area contributed by atoms with Crippen LogP contribution in [-0.2, 0) is 25.5 Å². The molecule has 1 aliphatic heterocycles. The topological polar surface area (TPSA) is 119 Å². The lowest BCUT2D eigenvalue weighted by molar-refractivity contribution is -0.231. The lowest BCUT2D eigenvalue weighted by atomic mass is 9.44. The number of thiophene rings is 1. The zero-order chi connectivity index (χ0) is 29.7. The summed E-state index contributed by atoms with van der Waals surface area (Å²) in [5.74, 6) is -1.59. The highest BCUT2D eigenvalue weighted by molar-refractivity contribution is 7.12. The number of hydrogen-bond acceptors (Lipinski definition) is 8. The van der Waals surface area contributed by atoms with Crippen molar-refractivity contribution < 1.29 is 33.7 Å². The van der Waals surface area contributed by atoms with E-state index >= 15 is 4.39 Å². The van der Waals surface area contributed by atoms with Gasteiger partial charge in [-0.3, -0.25) is 9.59 Å². The van der Waals surface area contributed by atoms with E-state index < -0.39 is 58.9 Å². The number of hydrogen-bond donors (Lipinski definition) is 3. The molecule has 4 N–H and O–H groups in total. The molecule has 2 heterocycles. The number of anilines is 1. The highest BCUT2D eigenvalue weighted by Crippen LogP contribution is 2.72. The van der Waals surface area contributed by atoms with Crippen LogP contribution in [0.3, 0.4) is 0 Å². The first-order valence-corrected chi connectivity index (χ1v) is 15.5. The largest absolute Gasteiger partial charge is 0.399 e. The second-order valence-electron chi connectivity index (χ2n) is 13.1. The van der Waals surface area contributed by atoms with E-state index in [1.807, 2.05) is 43.3 Å². The maximum Gasteiger partial charge on any atom is 0.194 e. The van der Waals surface area contributed by atoms with Crippen LogP contribution in [0.15, 0.2) is 60.2 Å². The number of aliphatic hydroxyl groups is 2. The number of fused-ring (bicyclic) bond motifs is 7. The van der Waals surface area contributed by atoms with Gasteiger partial charge in [-0.25, -0.2) is 4.39 Å². The zero-order valence-corrected chi connectivity index (χ0v) is 24.5. The highest BCUT2D eigenvalue weighted by atomic mass is 32.1. The Morgan fingerprint density at radius 3 is 2.79 bits per heavy atom. The van der Waals surface area contributed by atoms with Crippen molar-refractivity contribution >= 4 is 28.6 Å². The molecule has 0 unspecified atom stereocenters. The number of allylic oxidation sites excluding steroid dienone is 4. The number of Topliss-reactive ketones (excluding diaryl/α,β-unsaturated/α-hetero) is 1. The molecule has 9 heteroatoms. The smallest absolute Gasteiger partial charge is 0.194 e. The second kappa shape index (κ2) is 9.40. The number of nitrogen functional groups attached to an aromatic ring is 1. The van der Waals surface area contributed by atoms with Crippen LogP contribution in [-0.4, -0.2) is 51.9 Å². The third kappa shape index (κ3) is 3.57. The number of carbonyl (C=O) groups excluding carboxylic acids is 2. The fourth-order valence-electron chi connectivity index (χ4n) is 9.22. The molecule has 7 rings (SSSR count). The van der Waals surface area contributed by atoms with Gasteiger partial charge < -0.3 is 25.4 Å². The van der Waals surface area contributed by atoms with Crippen LogP contribution >= 0.6 is 11.3 Å². The first kappa shape index (κ1) is 28.1. The van der Waals surface area contributed by atoms with Gasteiger partial charge in [0.05, 0.1) is 17.1 Å². The SMILES string of the molecule is C[C@]12C=CC(=O)C=C1CC[C@H]1[C@@H]3C[C@H]4O[C@@H](c5ccc(Cc6cccc(N)c6)s5)O[C@@]4(C(=O)CO)[C@@]3(C)C[C@H](O)[C@@]12F. The van der Waals surface area contributed by atoms with Crippen LogP contribution in [0.1, 0.15) is 61.1 Å². The maximum atomic E-state index is 17.5. The number of carbonyl (C=O) groups is 2. The van der Waals surface area contributed by atoms with Crippen LogP contribution in [0, 0.1) is 22.7 Å². The molecule has 2 aromatic rings. The molecule has 0 amide bonds. The van der Waals surface area contributed by atoms with Gasteiger partial charge in [0.2, 0.25) is 0 Å². The molecule has 1 aromatic heterocycles. The van der Waals surface area contributed by atoms with Crippen LogP contribution in [0.5, 0.6) is 0 Å². The Labute approximate surface area is 248 Å². The zero-order valence-electron chi connectivity index (χ0n) is 23.7. The van der Waals surface area contributed by atoms with Crippen LogP contribution in [0.25, 0.3) is 0 Å². The summed E-state index contributed by atoms with van der Waals surface area (Å²) >= 11 is 1.53. The summed E-state index contributed by atoms with van der Waals surface area (Å²) in [6, 6.07) is 11.7. The predicted molar refractivity (Wildman–Crippen MR) is 155 cm³/mol. The summed E-state index contributed by atoms with van der Waals surface area (Å²) in [5, 5.41) is 21.9. The van der Waals surface area contributed by atoms with Gasteiger partial charge in [-0.05, 0) is 80.5 Å². The molecular formula is C33H36FNO6S. The van der Waals surface area contributed by atoms with E-state index in [1.165, 1.54) is 23.5 Å². The molecule has 42 heavy (non-hydrogen) atoms. The molecule has 3 saturated carbocycles. The number of benzene rings is 1. The van der Waals surface area contributed by atoms with E-state index in [-0.39, 0.29) is 18.1 Å². The predicted octanol–water partition coefficient (Wildman–Crippen LogP) is 4.62. The van der Waals surface area contributed by atoms with Crippen LogP contribution in [0.4, 0.5) is 10.1 Å². The number of ketones is 2. The van der Waals surface area contributed by atoms with E-state index in [9.17, 15) is 19.8 Å². The molecule has 9 atom stereocenters. The normalized spacial score (nSPS) is 42.0. The van der Waals surface area contributed by atoms with Gasteiger partial charge in [-0.1, -0.05) is 30.7 Å². The lowest BCUT2D eigenvalue weighted by Gasteiger charge is -2.62. The molecule has 222 valence electrons. The van der Waals surface area contributed by atoms with Gasteiger partial charge in [0, 0.05) is 33.7 Å². The fourth-order valence-corrected chi connectivity index (χ4v) is 10.2. The highest BCUT2D eigenvalue weighted by Gasteiger charge is 2.79. The third-order valence-electron chi connectivity index (χ3n) is 11.2. The molecule has 0 spiro atoms. The average molecular weight is 594 g/mol. The first-order valence-electron chi connectivity index (χ1n) is 14.7. The molecule has 4 aliphatic carbocycles. The molecule has 1 aromatic carbocycles. The molecule has 0 bridgehead atoms. The fraction of sp³-hybridized carbons (Fsp3) is 0.515. The molecule has 5 aliphatic rings. The van der Waals surface area contributed by atoms with E-state index in [4.69, 9.17) is 15.2 Å². The lowest BCUT2D eigenvalue weighted by Crippen LogP contribution is -2.69. The van der Waals surface area contributed by atoms with Gasteiger partial charge >= 0.3 is 0 Å². The standard InChI is InChI=1S/C33H36FNO6S/c1-30-11-10-21(37)14-19(30)6-8-23-24-15-28-33(27(39)17-36,31(24,2)16-26(38)32(23,30)34)41-29(40-28)25-9-7-22(42-25)13-18-4-3-5-20(35)12-18/h3-5,7,9-12,14,23-24,26,28-29,36,38H,6,8,13,15-17,35H2,1-2H3/t23-,24-,26-,28+,29+,30-,31-,32-,33+/m0/s1.